The Balaban J connectivity index is 2.07. The number of hydrogen-bond acceptors (Lipinski definition) is 3. The summed E-state index contributed by atoms with van der Waals surface area (Å²) in [4.78, 5) is 28.2. The van der Waals surface area contributed by atoms with E-state index in [4.69, 9.17) is 5.73 Å². The van der Waals surface area contributed by atoms with E-state index in [1.165, 1.54) is 0 Å². The van der Waals surface area contributed by atoms with Crippen LogP contribution in [0.15, 0.2) is 0 Å². The number of carbonyl (C=O) groups is 2. The van der Waals surface area contributed by atoms with Crippen LogP contribution in [-0.2, 0) is 9.59 Å². The average molecular weight is 267 g/mol. The van der Waals surface area contributed by atoms with E-state index >= 15 is 0 Å². The fourth-order valence-corrected chi connectivity index (χ4v) is 3.44. The van der Waals surface area contributed by atoms with Gasteiger partial charge in [-0.2, -0.15) is 0 Å². The van der Waals surface area contributed by atoms with E-state index in [1.54, 1.807) is 23.9 Å². The summed E-state index contributed by atoms with van der Waals surface area (Å²) in [6, 6.07) is -0.249. The molecule has 0 radical (unpaired) electrons. The minimum absolute atomic E-state index is 0.0422. The van der Waals surface area contributed by atoms with E-state index in [2.05, 4.69) is 0 Å². The van der Waals surface area contributed by atoms with Gasteiger partial charge in [0, 0.05) is 26.6 Å². The Labute approximate surface area is 115 Å². The zero-order valence-corrected chi connectivity index (χ0v) is 12.0. The molecule has 2 amide bonds. The first-order valence-corrected chi connectivity index (χ1v) is 7.28. The summed E-state index contributed by atoms with van der Waals surface area (Å²) >= 11 is 0. The highest BCUT2D eigenvalue weighted by atomic mass is 16.2. The van der Waals surface area contributed by atoms with Crippen LogP contribution in [-0.4, -0.2) is 54.8 Å². The Morgan fingerprint density at radius 1 is 1.21 bits per heavy atom. The van der Waals surface area contributed by atoms with Crippen LogP contribution in [0.4, 0.5) is 0 Å². The number of rotatable bonds is 3. The van der Waals surface area contributed by atoms with Gasteiger partial charge < -0.3 is 15.5 Å². The lowest BCUT2D eigenvalue weighted by atomic mass is 9.94. The molecule has 108 valence electrons. The number of carbonyl (C=O) groups excluding carboxylic acids is 2. The maximum Gasteiger partial charge on any atom is 0.244 e. The molecule has 19 heavy (non-hydrogen) atoms. The normalized spacial score (nSPS) is 30.7. The van der Waals surface area contributed by atoms with Gasteiger partial charge in [-0.25, -0.2) is 0 Å². The number of hydrogen-bond donors (Lipinski definition) is 1. The second-order valence-electron chi connectivity index (χ2n) is 5.96. The summed E-state index contributed by atoms with van der Waals surface area (Å²) in [5.74, 6) is 0.558. The van der Waals surface area contributed by atoms with Crippen LogP contribution in [0.5, 0.6) is 0 Å². The van der Waals surface area contributed by atoms with Gasteiger partial charge in [0.15, 0.2) is 0 Å². The van der Waals surface area contributed by atoms with Crippen LogP contribution in [0.3, 0.4) is 0 Å². The van der Waals surface area contributed by atoms with Gasteiger partial charge in [-0.3, -0.25) is 9.59 Å². The molecule has 0 aromatic rings. The summed E-state index contributed by atoms with van der Waals surface area (Å²) in [6.07, 6.45) is 4.78. The van der Waals surface area contributed by atoms with Crippen molar-refractivity contribution in [3.63, 3.8) is 0 Å². The summed E-state index contributed by atoms with van der Waals surface area (Å²) in [5.41, 5.74) is 5.76. The molecule has 1 saturated carbocycles. The summed E-state index contributed by atoms with van der Waals surface area (Å²) in [6.45, 7) is 1.30. The van der Waals surface area contributed by atoms with Crippen LogP contribution in [0, 0.1) is 11.8 Å². The first-order valence-electron chi connectivity index (χ1n) is 7.28. The molecule has 0 aromatic heterocycles. The number of likely N-dealkylation sites (tertiary alicyclic amines) is 1. The van der Waals surface area contributed by atoms with Crippen molar-refractivity contribution in [2.75, 3.05) is 27.2 Å². The number of nitrogens with zero attached hydrogens (tertiary/aromatic N) is 2. The van der Waals surface area contributed by atoms with Crippen LogP contribution < -0.4 is 5.73 Å². The second kappa shape index (κ2) is 5.90. The molecule has 1 unspecified atom stereocenters. The molecule has 2 N–H and O–H groups in total. The van der Waals surface area contributed by atoms with Crippen molar-refractivity contribution in [1.29, 1.82) is 0 Å². The molecular weight excluding hydrogens is 242 g/mol. The quantitative estimate of drug-likeness (QED) is 0.807. The van der Waals surface area contributed by atoms with Crippen molar-refractivity contribution >= 4 is 11.8 Å². The lowest BCUT2D eigenvalue weighted by Crippen LogP contribution is -2.48. The minimum atomic E-state index is -0.249. The Kier molecular flexibility index (Phi) is 4.45. The van der Waals surface area contributed by atoms with Gasteiger partial charge in [-0.05, 0) is 38.1 Å². The molecule has 5 heteroatoms. The lowest BCUT2D eigenvalue weighted by Gasteiger charge is -2.30. The molecule has 1 saturated heterocycles. The molecule has 1 aliphatic heterocycles. The number of likely N-dealkylation sites (N-methyl/N-ethyl adjacent to an activating group) is 1. The van der Waals surface area contributed by atoms with Gasteiger partial charge in [0.05, 0.1) is 0 Å². The fourth-order valence-electron chi connectivity index (χ4n) is 3.44. The van der Waals surface area contributed by atoms with Gasteiger partial charge in [0.2, 0.25) is 11.8 Å². The van der Waals surface area contributed by atoms with Crippen molar-refractivity contribution in [3.05, 3.63) is 0 Å². The van der Waals surface area contributed by atoms with Crippen LogP contribution >= 0.6 is 0 Å². The molecular formula is C14H25N3O2. The first-order chi connectivity index (χ1) is 9.06. The molecule has 1 heterocycles. The third-order valence-corrected chi connectivity index (χ3v) is 4.54. The van der Waals surface area contributed by atoms with Gasteiger partial charge in [-0.15, -0.1) is 0 Å². The zero-order chi connectivity index (χ0) is 14.0. The number of amides is 2. The van der Waals surface area contributed by atoms with Gasteiger partial charge in [-0.1, -0.05) is 6.42 Å². The molecule has 2 aliphatic rings. The van der Waals surface area contributed by atoms with Gasteiger partial charge >= 0.3 is 0 Å². The Morgan fingerprint density at radius 3 is 2.58 bits per heavy atom. The largest absolute Gasteiger partial charge is 0.347 e. The minimum Gasteiger partial charge on any atom is -0.347 e. The van der Waals surface area contributed by atoms with Gasteiger partial charge in [0.25, 0.3) is 0 Å². The Hall–Kier alpha value is -1.10. The van der Waals surface area contributed by atoms with Gasteiger partial charge in [0.1, 0.15) is 6.04 Å². The first kappa shape index (κ1) is 14.3. The predicted octanol–water partition coefficient (Wildman–Crippen LogP) is 0.441. The van der Waals surface area contributed by atoms with E-state index < -0.39 is 0 Å². The summed E-state index contributed by atoms with van der Waals surface area (Å²) < 4.78 is 0. The monoisotopic (exact) mass is 267 g/mol. The predicted molar refractivity (Wildman–Crippen MR) is 73.3 cm³/mol. The molecule has 5 nitrogen and oxygen atoms in total. The molecule has 2 rings (SSSR count). The Bertz CT molecular complexity index is 357. The zero-order valence-electron chi connectivity index (χ0n) is 12.0. The standard InChI is InChI=1S/C14H25N3O2/c1-16(2)14(19)12-7-4-8-17(12)13(18)11-6-3-5-10(11)9-15/h10-12H,3-9,15H2,1-2H3/t10-,11-,12?/m1/s1. The van der Waals surface area contributed by atoms with E-state index in [1.807, 2.05) is 0 Å². The van der Waals surface area contributed by atoms with Crippen molar-refractivity contribution in [3.8, 4) is 0 Å². The summed E-state index contributed by atoms with van der Waals surface area (Å²) in [7, 11) is 3.50. The second-order valence-corrected chi connectivity index (χ2v) is 5.96. The van der Waals surface area contributed by atoms with Crippen LogP contribution in [0.25, 0.3) is 0 Å². The highest BCUT2D eigenvalue weighted by Gasteiger charge is 2.41. The van der Waals surface area contributed by atoms with E-state index in [0.717, 1.165) is 38.6 Å². The van der Waals surface area contributed by atoms with E-state index in [0.29, 0.717) is 12.5 Å². The summed E-state index contributed by atoms with van der Waals surface area (Å²) in [5, 5.41) is 0. The van der Waals surface area contributed by atoms with Crippen molar-refractivity contribution in [1.82, 2.24) is 9.80 Å². The maximum atomic E-state index is 12.7. The molecule has 0 spiro atoms. The maximum absolute atomic E-state index is 12.7. The highest BCUT2D eigenvalue weighted by Crippen LogP contribution is 2.34. The average Bonchev–Trinajstić information content (AvgIpc) is 3.05. The third kappa shape index (κ3) is 2.76. The molecule has 2 fully saturated rings. The van der Waals surface area contributed by atoms with E-state index in [-0.39, 0.29) is 23.8 Å². The highest BCUT2D eigenvalue weighted by molar-refractivity contribution is 5.89. The van der Waals surface area contributed by atoms with Crippen molar-refractivity contribution < 1.29 is 9.59 Å². The third-order valence-electron chi connectivity index (χ3n) is 4.54. The SMILES string of the molecule is CN(C)C(=O)C1CCCN1C(=O)[C@@H]1CCC[C@@H]1CN. The molecule has 1 aliphatic carbocycles. The van der Waals surface area contributed by atoms with Crippen LogP contribution in [0.2, 0.25) is 0 Å². The molecule has 0 aromatic carbocycles. The Morgan fingerprint density at radius 2 is 1.95 bits per heavy atom. The molecule has 3 atom stereocenters. The fraction of sp³-hybridized carbons (Fsp3) is 0.857. The number of nitrogens with two attached hydrogens (primary N) is 1. The van der Waals surface area contributed by atoms with Crippen LogP contribution in [0.1, 0.15) is 32.1 Å². The van der Waals surface area contributed by atoms with Crippen molar-refractivity contribution in [2.24, 2.45) is 17.6 Å². The smallest absolute Gasteiger partial charge is 0.244 e. The van der Waals surface area contributed by atoms with Crippen molar-refractivity contribution in [2.45, 2.75) is 38.1 Å². The molecule has 0 bridgehead atoms. The lowest BCUT2D eigenvalue weighted by molar-refractivity contribution is -0.145. The topological polar surface area (TPSA) is 66.6 Å². The van der Waals surface area contributed by atoms with E-state index in [9.17, 15) is 9.59 Å².